The molecule has 0 saturated carbocycles. The minimum absolute atomic E-state index is 0. The first-order valence-electron chi connectivity index (χ1n) is 6.81. The van der Waals surface area contributed by atoms with Gasteiger partial charge >= 0.3 is 18.9 Å². The van der Waals surface area contributed by atoms with Crippen LogP contribution >= 0.6 is 0 Å². The van der Waals surface area contributed by atoms with E-state index >= 15 is 0 Å². The SMILES string of the molecule is O=S(=O)(O)CC(F)C(F)C(F)C(F)C(F)CCCCCCF.[H-].[Li+]. The van der Waals surface area contributed by atoms with Crippen LogP contribution in [0.3, 0.4) is 0 Å². The molecule has 0 radical (unpaired) electrons. The molecule has 0 aliphatic rings. The average Bonchev–Trinajstić information content (AvgIpc) is 2.42. The van der Waals surface area contributed by atoms with Crippen molar-refractivity contribution >= 4 is 10.1 Å². The van der Waals surface area contributed by atoms with Crippen LogP contribution in [-0.2, 0) is 10.1 Å². The maximum atomic E-state index is 13.4. The predicted molar refractivity (Wildman–Crippen MR) is 71.1 cm³/mol. The number of rotatable bonds is 12. The van der Waals surface area contributed by atoms with Crippen molar-refractivity contribution in [3.63, 3.8) is 0 Å². The van der Waals surface area contributed by atoms with Gasteiger partial charge < -0.3 is 1.43 Å². The first-order chi connectivity index (χ1) is 10.1. The third-order valence-electron chi connectivity index (χ3n) is 3.03. The van der Waals surface area contributed by atoms with E-state index in [-0.39, 0.29) is 33.1 Å². The zero-order valence-corrected chi connectivity index (χ0v) is 13.6. The van der Waals surface area contributed by atoms with Crippen LogP contribution in [0.1, 0.15) is 33.5 Å². The quantitative estimate of drug-likeness (QED) is 0.238. The molecule has 0 heterocycles. The molecule has 136 valence electrons. The molecule has 0 amide bonds. The van der Waals surface area contributed by atoms with Crippen LogP contribution in [0.2, 0.25) is 0 Å². The molecule has 0 aromatic rings. The molecule has 0 aromatic carbocycles. The number of hydrogen-bond acceptors (Lipinski definition) is 2. The van der Waals surface area contributed by atoms with Crippen molar-refractivity contribution in [1.29, 1.82) is 0 Å². The van der Waals surface area contributed by atoms with Gasteiger partial charge in [0.1, 0.15) is 11.9 Å². The molecular formula is C12H21F6LiO3S. The molecule has 0 saturated heterocycles. The normalized spacial score (nSPS) is 18.6. The van der Waals surface area contributed by atoms with Crippen LogP contribution in [0.25, 0.3) is 0 Å². The van der Waals surface area contributed by atoms with E-state index in [1.54, 1.807) is 0 Å². The minimum atomic E-state index is -4.90. The average molecular weight is 366 g/mol. The number of hydrogen-bond donors (Lipinski definition) is 1. The van der Waals surface area contributed by atoms with Gasteiger partial charge in [-0.1, -0.05) is 19.3 Å². The van der Waals surface area contributed by atoms with Gasteiger partial charge in [0.15, 0.2) is 24.7 Å². The summed E-state index contributed by atoms with van der Waals surface area (Å²) < 4.78 is 107. The van der Waals surface area contributed by atoms with Crippen LogP contribution in [-0.4, -0.2) is 56.3 Å². The van der Waals surface area contributed by atoms with Crippen LogP contribution in [0, 0.1) is 0 Å². The van der Waals surface area contributed by atoms with Crippen LogP contribution in [0.4, 0.5) is 26.3 Å². The monoisotopic (exact) mass is 366 g/mol. The molecule has 1 N–H and O–H groups in total. The molecular weight excluding hydrogens is 345 g/mol. The Morgan fingerprint density at radius 2 is 1.30 bits per heavy atom. The Labute approximate surface area is 145 Å². The zero-order valence-electron chi connectivity index (χ0n) is 13.8. The van der Waals surface area contributed by atoms with Crippen LogP contribution in [0.5, 0.6) is 0 Å². The molecule has 0 aliphatic carbocycles. The van der Waals surface area contributed by atoms with Crippen LogP contribution in [0.15, 0.2) is 0 Å². The Morgan fingerprint density at radius 1 is 0.826 bits per heavy atom. The Hall–Kier alpha value is 0.0874. The van der Waals surface area contributed by atoms with E-state index in [4.69, 9.17) is 4.55 Å². The number of alkyl halides is 6. The van der Waals surface area contributed by atoms with Crippen LogP contribution < -0.4 is 18.9 Å². The van der Waals surface area contributed by atoms with Crippen molar-refractivity contribution in [2.24, 2.45) is 0 Å². The second-order valence-electron chi connectivity index (χ2n) is 5.01. The fourth-order valence-corrected chi connectivity index (χ4v) is 2.40. The Balaban J connectivity index is -0.00000220. The summed E-state index contributed by atoms with van der Waals surface area (Å²) in [5.41, 5.74) is 0. The molecule has 0 spiro atoms. The summed E-state index contributed by atoms with van der Waals surface area (Å²) in [6.07, 6.45) is -13.9. The van der Waals surface area contributed by atoms with Crippen molar-refractivity contribution in [3.05, 3.63) is 0 Å². The third kappa shape index (κ3) is 11.3. The number of halogens is 6. The van der Waals surface area contributed by atoms with Crippen molar-refractivity contribution in [2.45, 2.75) is 63.0 Å². The summed E-state index contributed by atoms with van der Waals surface area (Å²) in [5, 5.41) is 0. The molecule has 23 heavy (non-hydrogen) atoms. The Bertz CT molecular complexity index is 406. The zero-order chi connectivity index (χ0) is 17.3. The molecule has 0 fully saturated rings. The molecule has 3 nitrogen and oxygen atoms in total. The second kappa shape index (κ2) is 12.4. The summed E-state index contributed by atoms with van der Waals surface area (Å²) >= 11 is 0. The summed E-state index contributed by atoms with van der Waals surface area (Å²) in [6, 6.07) is 0. The first kappa shape index (κ1) is 25.3. The molecule has 11 heteroatoms. The van der Waals surface area contributed by atoms with Gasteiger partial charge in [-0.3, -0.25) is 8.94 Å². The first-order valence-corrected chi connectivity index (χ1v) is 8.42. The molecule has 0 bridgehead atoms. The minimum Gasteiger partial charge on any atom is -1.00 e. The van der Waals surface area contributed by atoms with Gasteiger partial charge in [0.05, 0.1) is 6.67 Å². The Morgan fingerprint density at radius 3 is 1.78 bits per heavy atom. The van der Waals surface area contributed by atoms with E-state index in [2.05, 4.69) is 0 Å². The number of unbranched alkanes of at least 4 members (excludes halogenated alkanes) is 3. The fourth-order valence-electron chi connectivity index (χ4n) is 1.81. The van der Waals surface area contributed by atoms with Gasteiger partial charge in [-0.2, -0.15) is 8.42 Å². The maximum absolute atomic E-state index is 13.4. The predicted octanol–water partition coefficient (Wildman–Crippen LogP) is 0.601. The van der Waals surface area contributed by atoms with Crippen molar-refractivity contribution in [3.8, 4) is 0 Å². The van der Waals surface area contributed by atoms with E-state index in [1.165, 1.54) is 0 Å². The van der Waals surface area contributed by atoms with E-state index in [9.17, 15) is 34.8 Å². The third-order valence-corrected chi connectivity index (χ3v) is 3.77. The largest absolute Gasteiger partial charge is 1.00 e. The fraction of sp³-hybridized carbons (Fsp3) is 1.00. The molecule has 0 rings (SSSR count). The van der Waals surface area contributed by atoms with Crippen molar-refractivity contribution in [2.75, 3.05) is 12.4 Å². The summed E-state index contributed by atoms with van der Waals surface area (Å²) in [4.78, 5) is 0. The van der Waals surface area contributed by atoms with E-state index in [1.807, 2.05) is 0 Å². The maximum Gasteiger partial charge on any atom is 1.00 e. The van der Waals surface area contributed by atoms with Gasteiger partial charge in [0.25, 0.3) is 10.1 Å². The molecule has 0 aromatic heterocycles. The summed E-state index contributed by atoms with van der Waals surface area (Å²) in [5.74, 6) is -1.73. The topological polar surface area (TPSA) is 54.4 Å². The van der Waals surface area contributed by atoms with Gasteiger partial charge in [-0.15, -0.1) is 0 Å². The summed E-state index contributed by atoms with van der Waals surface area (Å²) in [7, 11) is -4.90. The van der Waals surface area contributed by atoms with E-state index in [0.29, 0.717) is 12.8 Å². The van der Waals surface area contributed by atoms with Crippen molar-refractivity contribution in [1.82, 2.24) is 0 Å². The molecule has 0 aliphatic heterocycles. The van der Waals surface area contributed by atoms with Gasteiger partial charge in [0, 0.05) is 0 Å². The molecule has 5 atom stereocenters. The Kier molecular flexibility index (Phi) is 13.7. The van der Waals surface area contributed by atoms with Gasteiger partial charge in [0.2, 0.25) is 0 Å². The van der Waals surface area contributed by atoms with Gasteiger partial charge in [-0.25, -0.2) is 22.0 Å². The summed E-state index contributed by atoms with van der Waals surface area (Å²) in [6.45, 7) is -0.535. The smallest absolute Gasteiger partial charge is 1.00 e. The van der Waals surface area contributed by atoms with Gasteiger partial charge in [-0.05, 0) is 12.8 Å². The van der Waals surface area contributed by atoms with E-state index in [0.717, 1.165) is 0 Å². The molecule has 5 unspecified atom stereocenters. The van der Waals surface area contributed by atoms with E-state index < -0.39 is 59.8 Å². The standard InChI is InChI=1S/C12H20F6O3S.Li.H/c13-6-4-2-1-3-5-8(14)10(16)12(18)11(17)9(15)7-22(19,20)21;;/h8-12H,1-7H2,(H,19,20,21);;/q;+1;-1. The van der Waals surface area contributed by atoms with Crippen molar-refractivity contribution < 1.29 is 59.6 Å². The second-order valence-corrected chi connectivity index (χ2v) is 6.50.